The van der Waals surface area contributed by atoms with E-state index in [-0.39, 0.29) is 23.5 Å². The van der Waals surface area contributed by atoms with Crippen LogP contribution >= 0.6 is 23.1 Å². The topological polar surface area (TPSA) is 98.4 Å². The summed E-state index contributed by atoms with van der Waals surface area (Å²) in [6.07, 6.45) is 7.38. The number of nitrogen functional groups attached to an aromatic ring is 1. The monoisotopic (exact) mass is 448 g/mol. The minimum Gasteiger partial charge on any atom is -0.466 e. The molecule has 3 heterocycles. The third-order valence-corrected chi connectivity index (χ3v) is 7.81. The van der Waals surface area contributed by atoms with E-state index in [9.17, 15) is 9.59 Å². The van der Waals surface area contributed by atoms with E-state index >= 15 is 0 Å². The van der Waals surface area contributed by atoms with Gasteiger partial charge in [-0.15, -0.1) is 11.3 Å². The molecule has 2 aromatic rings. The van der Waals surface area contributed by atoms with Gasteiger partial charge in [0, 0.05) is 18.0 Å². The van der Waals surface area contributed by atoms with Crippen molar-refractivity contribution in [3.05, 3.63) is 10.4 Å². The largest absolute Gasteiger partial charge is 0.466 e. The molecule has 4 rings (SSSR count). The van der Waals surface area contributed by atoms with Gasteiger partial charge in [-0.1, -0.05) is 18.2 Å². The van der Waals surface area contributed by atoms with E-state index in [0.717, 1.165) is 35.9 Å². The number of thiophene rings is 1. The van der Waals surface area contributed by atoms with Crippen LogP contribution in [0.15, 0.2) is 5.16 Å². The molecular weight excluding hydrogens is 420 g/mol. The van der Waals surface area contributed by atoms with Crippen LogP contribution in [0.1, 0.15) is 49.5 Å². The number of esters is 1. The first-order chi connectivity index (χ1) is 14.6. The number of carbonyl (C=O) groups excluding carboxylic acids is 2. The number of aromatic nitrogens is 2. The Labute approximate surface area is 184 Å². The van der Waals surface area contributed by atoms with Crippen molar-refractivity contribution in [1.82, 2.24) is 14.9 Å². The van der Waals surface area contributed by atoms with Crippen LogP contribution in [0.25, 0.3) is 10.2 Å². The molecule has 1 saturated heterocycles. The maximum absolute atomic E-state index is 12.7. The van der Waals surface area contributed by atoms with Gasteiger partial charge in [0.25, 0.3) is 0 Å². The third kappa shape index (κ3) is 4.56. The lowest BCUT2D eigenvalue weighted by Crippen LogP contribution is -2.43. The third-order valence-electron chi connectivity index (χ3n) is 5.79. The predicted octanol–water partition coefficient (Wildman–Crippen LogP) is 3.44. The van der Waals surface area contributed by atoms with Crippen LogP contribution in [0.4, 0.5) is 5.82 Å². The Morgan fingerprint density at radius 1 is 1.23 bits per heavy atom. The van der Waals surface area contributed by atoms with Crippen LogP contribution < -0.4 is 5.73 Å². The van der Waals surface area contributed by atoms with Gasteiger partial charge in [0.15, 0.2) is 5.16 Å². The molecule has 0 aromatic carbocycles. The van der Waals surface area contributed by atoms with Gasteiger partial charge in [-0.3, -0.25) is 9.59 Å². The molecule has 1 atom stereocenters. The number of piperidine rings is 1. The SMILES string of the molecule is CCOC(=O)[C@H]1CCCN(C(=O)CSc2nc(N)c3c4c(sc3n2)CCCCC4)C1. The Morgan fingerprint density at radius 2 is 2.07 bits per heavy atom. The zero-order chi connectivity index (χ0) is 21.1. The summed E-state index contributed by atoms with van der Waals surface area (Å²) in [6, 6.07) is 0. The first-order valence-electron chi connectivity index (χ1n) is 10.7. The number of fused-ring (bicyclic) bond motifs is 3. The van der Waals surface area contributed by atoms with Gasteiger partial charge in [0.2, 0.25) is 5.91 Å². The summed E-state index contributed by atoms with van der Waals surface area (Å²) in [7, 11) is 0. The molecule has 0 bridgehead atoms. The summed E-state index contributed by atoms with van der Waals surface area (Å²) in [5.41, 5.74) is 7.63. The van der Waals surface area contributed by atoms with E-state index in [2.05, 4.69) is 4.98 Å². The molecule has 2 aliphatic rings. The molecule has 1 aliphatic carbocycles. The predicted molar refractivity (Wildman–Crippen MR) is 120 cm³/mol. The molecule has 2 aromatic heterocycles. The molecule has 9 heteroatoms. The zero-order valence-corrected chi connectivity index (χ0v) is 18.9. The summed E-state index contributed by atoms with van der Waals surface area (Å²) in [6.45, 7) is 3.27. The molecule has 30 heavy (non-hydrogen) atoms. The van der Waals surface area contributed by atoms with Gasteiger partial charge < -0.3 is 15.4 Å². The molecule has 1 aliphatic heterocycles. The smallest absolute Gasteiger partial charge is 0.310 e. The molecular formula is C21H28N4O3S2. The van der Waals surface area contributed by atoms with Crippen molar-refractivity contribution < 1.29 is 14.3 Å². The van der Waals surface area contributed by atoms with E-state index in [1.807, 2.05) is 0 Å². The van der Waals surface area contributed by atoms with Gasteiger partial charge >= 0.3 is 5.97 Å². The van der Waals surface area contributed by atoms with Gasteiger partial charge in [-0.05, 0) is 51.0 Å². The first-order valence-corrected chi connectivity index (χ1v) is 12.5. The number of anilines is 1. The van der Waals surface area contributed by atoms with Crippen molar-refractivity contribution in [3.8, 4) is 0 Å². The highest BCUT2D eigenvalue weighted by atomic mass is 32.2. The normalized spacial score (nSPS) is 19.4. The van der Waals surface area contributed by atoms with Crippen molar-refractivity contribution in [3.63, 3.8) is 0 Å². The van der Waals surface area contributed by atoms with Crippen molar-refractivity contribution in [2.45, 2.75) is 57.0 Å². The van der Waals surface area contributed by atoms with Crippen LogP contribution in [-0.2, 0) is 27.2 Å². The second-order valence-electron chi connectivity index (χ2n) is 7.86. The van der Waals surface area contributed by atoms with E-state index in [1.54, 1.807) is 23.2 Å². The van der Waals surface area contributed by atoms with Gasteiger partial charge in [-0.2, -0.15) is 0 Å². The van der Waals surface area contributed by atoms with E-state index in [0.29, 0.717) is 30.7 Å². The van der Waals surface area contributed by atoms with E-state index in [1.165, 1.54) is 41.5 Å². The number of likely N-dealkylation sites (tertiary alicyclic amines) is 1. The molecule has 1 amide bonds. The number of amides is 1. The number of thioether (sulfide) groups is 1. The number of ether oxygens (including phenoxy) is 1. The average molecular weight is 449 g/mol. The molecule has 1 fully saturated rings. The summed E-state index contributed by atoms with van der Waals surface area (Å²) < 4.78 is 5.12. The number of carbonyl (C=O) groups is 2. The number of nitrogens with zero attached hydrogens (tertiary/aromatic N) is 3. The number of nitrogens with two attached hydrogens (primary N) is 1. The second-order valence-corrected chi connectivity index (χ2v) is 9.88. The quantitative estimate of drug-likeness (QED) is 0.324. The van der Waals surface area contributed by atoms with Gasteiger partial charge in [0.05, 0.1) is 23.7 Å². The molecule has 162 valence electrons. The fraction of sp³-hybridized carbons (Fsp3) is 0.619. The fourth-order valence-electron chi connectivity index (χ4n) is 4.28. The molecule has 0 unspecified atom stereocenters. The van der Waals surface area contributed by atoms with E-state index < -0.39 is 0 Å². The number of hydrogen-bond donors (Lipinski definition) is 1. The Morgan fingerprint density at radius 3 is 2.90 bits per heavy atom. The summed E-state index contributed by atoms with van der Waals surface area (Å²) >= 11 is 3.04. The molecule has 0 spiro atoms. The van der Waals surface area contributed by atoms with Crippen LogP contribution in [-0.4, -0.2) is 52.2 Å². The van der Waals surface area contributed by atoms with Crippen LogP contribution in [0.2, 0.25) is 0 Å². The van der Waals surface area contributed by atoms with Crippen molar-refractivity contribution >= 4 is 51.0 Å². The minimum absolute atomic E-state index is 0.00164. The standard InChI is InChI=1S/C21H28N4O3S2/c1-2-28-20(27)13-7-6-10-25(11-13)16(26)12-29-21-23-18(22)17-14-8-4-3-5-9-15(14)30-19(17)24-21/h13H,2-12H2,1H3,(H2,22,23,24)/t13-/m0/s1. The Hall–Kier alpha value is -1.87. The highest BCUT2D eigenvalue weighted by molar-refractivity contribution is 7.99. The highest BCUT2D eigenvalue weighted by Gasteiger charge is 2.29. The summed E-state index contributed by atoms with van der Waals surface area (Å²) in [4.78, 5) is 38.0. The number of rotatable bonds is 5. The van der Waals surface area contributed by atoms with Crippen LogP contribution in [0.5, 0.6) is 0 Å². The number of hydrogen-bond acceptors (Lipinski definition) is 8. The Bertz CT molecular complexity index is 946. The maximum Gasteiger partial charge on any atom is 0.310 e. The molecule has 7 nitrogen and oxygen atoms in total. The fourth-order valence-corrected chi connectivity index (χ4v) is 6.36. The zero-order valence-electron chi connectivity index (χ0n) is 17.3. The van der Waals surface area contributed by atoms with Crippen LogP contribution in [0.3, 0.4) is 0 Å². The molecule has 2 N–H and O–H groups in total. The lowest BCUT2D eigenvalue weighted by atomic mass is 9.98. The lowest BCUT2D eigenvalue weighted by molar-refractivity contribution is -0.151. The first kappa shape index (κ1) is 21.4. The number of aryl methyl sites for hydroxylation is 2. The van der Waals surface area contributed by atoms with Crippen molar-refractivity contribution in [2.75, 3.05) is 31.2 Å². The summed E-state index contributed by atoms with van der Waals surface area (Å²) in [5.74, 6) is 0.331. The average Bonchev–Trinajstić information content (AvgIpc) is 2.94. The highest BCUT2D eigenvalue weighted by Crippen LogP contribution is 2.38. The van der Waals surface area contributed by atoms with Crippen molar-refractivity contribution in [2.24, 2.45) is 5.92 Å². The van der Waals surface area contributed by atoms with Gasteiger partial charge in [0.1, 0.15) is 10.6 Å². The maximum atomic E-state index is 12.7. The van der Waals surface area contributed by atoms with Crippen molar-refractivity contribution in [1.29, 1.82) is 0 Å². The van der Waals surface area contributed by atoms with Gasteiger partial charge in [-0.25, -0.2) is 9.97 Å². The Kier molecular flexibility index (Phi) is 6.77. The summed E-state index contributed by atoms with van der Waals surface area (Å²) in [5, 5.41) is 1.56. The second kappa shape index (κ2) is 9.51. The van der Waals surface area contributed by atoms with E-state index in [4.69, 9.17) is 15.5 Å². The van der Waals surface area contributed by atoms with Crippen LogP contribution in [0, 0.1) is 5.92 Å². The Balaban J connectivity index is 1.42. The minimum atomic E-state index is -0.225. The molecule has 0 saturated carbocycles. The lowest BCUT2D eigenvalue weighted by Gasteiger charge is -2.31. The molecule has 0 radical (unpaired) electrons.